The van der Waals surface area contributed by atoms with Gasteiger partial charge in [-0.3, -0.25) is 4.79 Å². The molecule has 0 N–H and O–H groups in total. The van der Waals surface area contributed by atoms with E-state index in [-0.39, 0.29) is 11.9 Å². The highest BCUT2D eigenvalue weighted by Crippen LogP contribution is 2.38. The molecular formula is C20H19N3O3. The van der Waals surface area contributed by atoms with Gasteiger partial charge in [-0.25, -0.2) is 4.98 Å². The molecule has 1 fully saturated rings. The maximum absolute atomic E-state index is 13.1. The van der Waals surface area contributed by atoms with Crippen LogP contribution < -0.4 is 9.47 Å². The van der Waals surface area contributed by atoms with E-state index in [0.717, 1.165) is 42.1 Å². The first-order chi connectivity index (χ1) is 12.8. The zero-order valence-electron chi connectivity index (χ0n) is 14.3. The first kappa shape index (κ1) is 15.3. The molecule has 6 heteroatoms. The Morgan fingerprint density at radius 2 is 2.00 bits per heavy atom. The van der Waals surface area contributed by atoms with Crippen molar-refractivity contribution in [1.29, 1.82) is 0 Å². The van der Waals surface area contributed by atoms with E-state index >= 15 is 0 Å². The maximum atomic E-state index is 13.1. The van der Waals surface area contributed by atoms with E-state index in [0.29, 0.717) is 18.9 Å². The SMILES string of the molecule is O=C(c1cn2ccccc2n1)N1CCC[C@H]1c1ccc2c(c1)OCCO2. The zero-order valence-corrected chi connectivity index (χ0v) is 14.3. The molecule has 0 bridgehead atoms. The number of aromatic nitrogens is 2. The molecule has 26 heavy (non-hydrogen) atoms. The molecular weight excluding hydrogens is 330 g/mol. The molecule has 4 heterocycles. The fraction of sp³-hybridized carbons (Fsp3) is 0.300. The van der Waals surface area contributed by atoms with Crippen molar-refractivity contribution in [3.63, 3.8) is 0 Å². The minimum Gasteiger partial charge on any atom is -0.486 e. The van der Waals surface area contributed by atoms with Crippen LogP contribution in [0.5, 0.6) is 11.5 Å². The van der Waals surface area contributed by atoms with E-state index in [2.05, 4.69) is 4.98 Å². The van der Waals surface area contributed by atoms with E-state index in [1.54, 1.807) is 6.20 Å². The first-order valence-corrected chi connectivity index (χ1v) is 8.94. The van der Waals surface area contributed by atoms with Crippen molar-refractivity contribution in [2.75, 3.05) is 19.8 Å². The van der Waals surface area contributed by atoms with Gasteiger partial charge in [0.15, 0.2) is 11.5 Å². The van der Waals surface area contributed by atoms with Gasteiger partial charge in [0, 0.05) is 18.9 Å². The van der Waals surface area contributed by atoms with Crippen LogP contribution in [0.4, 0.5) is 0 Å². The Balaban J connectivity index is 1.45. The molecule has 0 radical (unpaired) electrons. The molecule has 1 amide bonds. The first-order valence-electron chi connectivity index (χ1n) is 8.94. The van der Waals surface area contributed by atoms with Crippen molar-refractivity contribution in [3.8, 4) is 11.5 Å². The number of carbonyl (C=O) groups excluding carboxylic acids is 1. The molecule has 1 saturated heterocycles. The highest BCUT2D eigenvalue weighted by atomic mass is 16.6. The lowest BCUT2D eigenvalue weighted by atomic mass is 10.0. The Kier molecular flexibility index (Phi) is 3.55. The van der Waals surface area contributed by atoms with Crippen LogP contribution in [0, 0.1) is 0 Å². The normalized spacial score (nSPS) is 19.1. The van der Waals surface area contributed by atoms with E-state index in [1.165, 1.54) is 0 Å². The van der Waals surface area contributed by atoms with Gasteiger partial charge < -0.3 is 18.8 Å². The van der Waals surface area contributed by atoms with Crippen molar-refractivity contribution < 1.29 is 14.3 Å². The molecule has 3 aromatic rings. The average molecular weight is 349 g/mol. The molecule has 2 aromatic heterocycles. The number of imidazole rings is 1. The Morgan fingerprint density at radius 1 is 1.12 bits per heavy atom. The summed E-state index contributed by atoms with van der Waals surface area (Å²) in [5, 5.41) is 0. The lowest BCUT2D eigenvalue weighted by Crippen LogP contribution is -2.31. The van der Waals surface area contributed by atoms with Crippen LogP contribution in [-0.2, 0) is 0 Å². The monoisotopic (exact) mass is 349 g/mol. The summed E-state index contributed by atoms with van der Waals surface area (Å²) in [6.45, 7) is 1.88. The van der Waals surface area contributed by atoms with E-state index in [4.69, 9.17) is 9.47 Å². The van der Waals surface area contributed by atoms with Crippen LogP contribution in [0.1, 0.15) is 34.9 Å². The Bertz CT molecular complexity index is 948. The van der Waals surface area contributed by atoms with Gasteiger partial charge in [0.05, 0.1) is 6.04 Å². The standard InChI is InChI=1S/C20H19N3O3/c24-20(15-13-22-8-2-1-5-19(22)21-15)23-9-3-4-16(23)14-6-7-17-18(12-14)26-11-10-25-17/h1-2,5-8,12-13,16H,3-4,9-11H2/t16-/m0/s1. The number of rotatable bonds is 2. The highest BCUT2D eigenvalue weighted by molar-refractivity contribution is 5.93. The molecule has 0 spiro atoms. The number of likely N-dealkylation sites (tertiary alicyclic amines) is 1. The van der Waals surface area contributed by atoms with Gasteiger partial charge in [-0.2, -0.15) is 0 Å². The van der Waals surface area contributed by atoms with E-state index < -0.39 is 0 Å². The molecule has 1 aromatic carbocycles. The molecule has 5 rings (SSSR count). The second kappa shape index (κ2) is 6.05. The second-order valence-electron chi connectivity index (χ2n) is 6.65. The van der Waals surface area contributed by atoms with Gasteiger partial charge in [-0.1, -0.05) is 12.1 Å². The summed E-state index contributed by atoms with van der Waals surface area (Å²) in [5.74, 6) is 1.52. The van der Waals surface area contributed by atoms with Crippen LogP contribution >= 0.6 is 0 Å². The maximum Gasteiger partial charge on any atom is 0.274 e. The molecule has 132 valence electrons. The predicted molar refractivity (Wildman–Crippen MR) is 95.6 cm³/mol. The van der Waals surface area contributed by atoms with Crippen molar-refractivity contribution >= 4 is 11.6 Å². The van der Waals surface area contributed by atoms with Gasteiger partial charge in [0.2, 0.25) is 0 Å². The number of benzene rings is 1. The fourth-order valence-corrected chi connectivity index (χ4v) is 3.81. The van der Waals surface area contributed by atoms with Crippen LogP contribution in [0.15, 0.2) is 48.8 Å². The quantitative estimate of drug-likeness (QED) is 0.713. The van der Waals surface area contributed by atoms with Crippen LogP contribution in [0.3, 0.4) is 0 Å². The molecule has 2 aliphatic rings. The Morgan fingerprint density at radius 3 is 2.88 bits per heavy atom. The summed E-state index contributed by atoms with van der Waals surface area (Å²) in [5.41, 5.74) is 2.36. The van der Waals surface area contributed by atoms with Crippen LogP contribution in [0.2, 0.25) is 0 Å². The lowest BCUT2D eigenvalue weighted by Gasteiger charge is -2.26. The number of ether oxygens (including phenoxy) is 2. The molecule has 1 atom stereocenters. The number of nitrogens with zero attached hydrogens (tertiary/aromatic N) is 3. The molecule has 6 nitrogen and oxygen atoms in total. The lowest BCUT2D eigenvalue weighted by molar-refractivity contribution is 0.0730. The van der Waals surface area contributed by atoms with Gasteiger partial charge in [-0.05, 0) is 42.7 Å². The van der Waals surface area contributed by atoms with Crippen molar-refractivity contribution in [2.24, 2.45) is 0 Å². The van der Waals surface area contributed by atoms with Crippen molar-refractivity contribution in [3.05, 3.63) is 60.0 Å². The van der Waals surface area contributed by atoms with Crippen LogP contribution in [-0.4, -0.2) is 40.0 Å². The Labute approximate surface area is 151 Å². The van der Waals surface area contributed by atoms with Gasteiger partial charge in [0.1, 0.15) is 24.6 Å². The average Bonchev–Trinajstić information content (AvgIpc) is 3.34. The third kappa shape index (κ3) is 2.49. The van der Waals surface area contributed by atoms with Crippen molar-refractivity contribution in [2.45, 2.75) is 18.9 Å². The van der Waals surface area contributed by atoms with Gasteiger partial charge in [-0.15, -0.1) is 0 Å². The predicted octanol–water partition coefficient (Wildman–Crippen LogP) is 3.08. The summed E-state index contributed by atoms with van der Waals surface area (Å²) in [6, 6.07) is 11.8. The minimum atomic E-state index is -0.0221. The Hall–Kier alpha value is -3.02. The van der Waals surface area contributed by atoms with E-state index in [1.807, 2.05) is 51.9 Å². The van der Waals surface area contributed by atoms with Gasteiger partial charge >= 0.3 is 0 Å². The fourth-order valence-electron chi connectivity index (χ4n) is 3.81. The number of pyridine rings is 1. The molecule has 2 aliphatic heterocycles. The molecule has 0 unspecified atom stereocenters. The zero-order chi connectivity index (χ0) is 17.5. The largest absolute Gasteiger partial charge is 0.486 e. The molecule has 0 aliphatic carbocycles. The number of hydrogen-bond acceptors (Lipinski definition) is 4. The topological polar surface area (TPSA) is 56.1 Å². The van der Waals surface area contributed by atoms with Crippen LogP contribution in [0.25, 0.3) is 5.65 Å². The number of amides is 1. The molecule has 0 saturated carbocycles. The van der Waals surface area contributed by atoms with Crippen molar-refractivity contribution in [1.82, 2.24) is 14.3 Å². The minimum absolute atomic E-state index is 0.0221. The van der Waals surface area contributed by atoms with E-state index in [9.17, 15) is 4.79 Å². The second-order valence-corrected chi connectivity index (χ2v) is 6.65. The summed E-state index contributed by atoms with van der Waals surface area (Å²) in [6.07, 6.45) is 5.63. The van der Waals surface area contributed by atoms with Gasteiger partial charge in [0.25, 0.3) is 5.91 Å². The number of fused-ring (bicyclic) bond motifs is 2. The number of carbonyl (C=O) groups is 1. The summed E-state index contributed by atoms with van der Waals surface area (Å²) < 4.78 is 13.2. The summed E-state index contributed by atoms with van der Waals surface area (Å²) >= 11 is 0. The smallest absolute Gasteiger partial charge is 0.274 e. The number of hydrogen-bond donors (Lipinski definition) is 0. The summed E-state index contributed by atoms with van der Waals surface area (Å²) in [7, 11) is 0. The third-order valence-electron chi connectivity index (χ3n) is 5.05. The summed E-state index contributed by atoms with van der Waals surface area (Å²) in [4.78, 5) is 19.5. The highest BCUT2D eigenvalue weighted by Gasteiger charge is 2.32. The third-order valence-corrected chi connectivity index (χ3v) is 5.05.